The number of ether oxygens (including phenoxy) is 3. The van der Waals surface area contributed by atoms with Gasteiger partial charge in [0.25, 0.3) is 0 Å². The van der Waals surface area contributed by atoms with Gasteiger partial charge in [0.05, 0.1) is 0 Å². The molecule has 3 rings (SSSR count). The Morgan fingerprint density at radius 2 is 1.90 bits per heavy atom. The Kier molecular flexibility index (Phi) is 6.92. The van der Waals surface area contributed by atoms with Gasteiger partial charge in [-0.3, -0.25) is 0 Å². The number of nitrogens with one attached hydrogen (secondary N) is 1. The fourth-order valence-corrected chi connectivity index (χ4v) is 4.41. The summed E-state index contributed by atoms with van der Waals surface area (Å²) in [6.45, 7) is 16.9. The van der Waals surface area contributed by atoms with E-state index in [1.165, 1.54) is 5.56 Å². The van der Waals surface area contributed by atoms with Crippen molar-refractivity contribution in [2.75, 3.05) is 11.9 Å². The van der Waals surface area contributed by atoms with Crippen LogP contribution in [-0.4, -0.2) is 28.5 Å². The zero-order valence-electron chi connectivity index (χ0n) is 19.9. The van der Waals surface area contributed by atoms with Crippen LogP contribution in [0.4, 0.5) is 5.82 Å². The summed E-state index contributed by atoms with van der Waals surface area (Å²) in [5.41, 5.74) is 5.95. The maximum absolute atomic E-state index is 6.60. The summed E-state index contributed by atoms with van der Waals surface area (Å²) in [6.07, 6.45) is 1.34. The predicted octanol–water partition coefficient (Wildman–Crippen LogP) is 5.91. The first kappa shape index (κ1) is 23.5. The molecule has 0 radical (unpaired) electrons. The van der Waals surface area contributed by atoms with Gasteiger partial charge in [0.2, 0.25) is 0 Å². The lowest BCUT2D eigenvalue weighted by atomic mass is 9.87. The van der Waals surface area contributed by atoms with Crippen LogP contribution < -0.4 is 14.8 Å². The monoisotopic (exact) mass is 442 g/mol. The van der Waals surface area contributed by atoms with E-state index in [9.17, 15) is 0 Å². The quantitative estimate of drug-likeness (QED) is 0.443. The molecule has 0 amide bonds. The van der Waals surface area contributed by atoms with Crippen molar-refractivity contribution in [1.82, 2.24) is 4.98 Å². The summed E-state index contributed by atoms with van der Waals surface area (Å²) < 4.78 is 18.3. The summed E-state index contributed by atoms with van der Waals surface area (Å²) in [6, 6.07) is 4.05. The lowest BCUT2D eigenvalue weighted by Crippen LogP contribution is -2.47. The minimum atomic E-state index is -0.605. The van der Waals surface area contributed by atoms with Gasteiger partial charge in [-0.25, -0.2) is 4.98 Å². The Morgan fingerprint density at radius 1 is 1.19 bits per heavy atom. The van der Waals surface area contributed by atoms with Gasteiger partial charge in [0, 0.05) is 17.9 Å². The molecule has 1 aromatic heterocycles. The van der Waals surface area contributed by atoms with E-state index in [4.69, 9.17) is 26.4 Å². The highest BCUT2D eigenvalue weighted by Crippen LogP contribution is 2.44. The molecule has 1 aliphatic heterocycles. The van der Waals surface area contributed by atoms with Gasteiger partial charge in [0.1, 0.15) is 22.3 Å². The molecule has 0 bridgehead atoms. The van der Waals surface area contributed by atoms with Crippen molar-refractivity contribution in [1.29, 1.82) is 0 Å². The number of thiocarbonyl (C=S) groups is 1. The van der Waals surface area contributed by atoms with Crippen LogP contribution in [0.5, 0.6) is 11.5 Å². The van der Waals surface area contributed by atoms with Crippen LogP contribution in [-0.2, 0) is 11.2 Å². The van der Waals surface area contributed by atoms with Crippen molar-refractivity contribution in [2.45, 2.75) is 80.1 Å². The summed E-state index contributed by atoms with van der Waals surface area (Å²) in [7, 11) is 0. The summed E-state index contributed by atoms with van der Waals surface area (Å²) in [5, 5.41) is 3.32. The van der Waals surface area contributed by atoms with Gasteiger partial charge >= 0.3 is 0 Å². The number of hydrogen-bond acceptors (Lipinski definition) is 5. The molecule has 1 aromatic carbocycles. The summed E-state index contributed by atoms with van der Waals surface area (Å²) >= 11 is 5.79. The lowest BCUT2D eigenvalue weighted by Gasteiger charge is -2.38. The highest BCUT2D eigenvalue weighted by Gasteiger charge is 2.38. The maximum Gasteiger partial charge on any atom is 0.196 e. The van der Waals surface area contributed by atoms with Crippen molar-refractivity contribution in [3.63, 3.8) is 0 Å². The molecule has 2 aromatic rings. The van der Waals surface area contributed by atoms with E-state index in [0.29, 0.717) is 11.6 Å². The normalized spacial score (nSPS) is 18.7. The average molecular weight is 443 g/mol. The second-order valence-electron chi connectivity index (χ2n) is 8.61. The van der Waals surface area contributed by atoms with E-state index in [-0.39, 0.29) is 6.29 Å². The molecule has 1 aliphatic rings. The second-order valence-corrected chi connectivity index (χ2v) is 9.02. The zero-order valence-corrected chi connectivity index (χ0v) is 20.8. The van der Waals surface area contributed by atoms with Gasteiger partial charge < -0.3 is 19.5 Å². The topological polar surface area (TPSA) is 52.6 Å². The highest BCUT2D eigenvalue weighted by molar-refractivity contribution is 7.80. The SMILES string of the molecule is CCOC(C)Oc1c(C)c(C)c2c(c1C)CCC(C)(C(=S)Nc1cc(C)cc(C)n1)O2. The molecule has 6 heteroatoms. The van der Waals surface area contributed by atoms with Crippen LogP contribution in [0.1, 0.15) is 60.7 Å². The molecule has 0 fully saturated rings. The van der Waals surface area contributed by atoms with E-state index >= 15 is 0 Å². The van der Waals surface area contributed by atoms with Gasteiger partial charge in [-0.1, -0.05) is 12.2 Å². The molecule has 2 heterocycles. The summed E-state index contributed by atoms with van der Waals surface area (Å²) in [5.74, 6) is 2.57. The lowest BCUT2D eigenvalue weighted by molar-refractivity contribution is -0.0621. The molecule has 1 N–H and O–H groups in total. The minimum Gasteiger partial charge on any atom is -0.480 e. The molecule has 2 atom stereocenters. The molecule has 0 aliphatic carbocycles. The van der Waals surface area contributed by atoms with Crippen LogP contribution in [0.3, 0.4) is 0 Å². The predicted molar refractivity (Wildman–Crippen MR) is 130 cm³/mol. The molecule has 31 heavy (non-hydrogen) atoms. The van der Waals surface area contributed by atoms with Crippen LogP contribution in [0, 0.1) is 34.6 Å². The van der Waals surface area contributed by atoms with Gasteiger partial charge in [-0.15, -0.1) is 0 Å². The minimum absolute atomic E-state index is 0.295. The number of benzene rings is 1. The summed E-state index contributed by atoms with van der Waals surface area (Å²) in [4.78, 5) is 5.21. The molecular formula is C25H34N2O3S. The first-order valence-corrected chi connectivity index (χ1v) is 11.3. The average Bonchev–Trinajstić information content (AvgIpc) is 2.69. The second kappa shape index (κ2) is 9.13. The van der Waals surface area contributed by atoms with Crippen LogP contribution in [0.15, 0.2) is 12.1 Å². The van der Waals surface area contributed by atoms with E-state index in [1.807, 2.05) is 32.9 Å². The van der Waals surface area contributed by atoms with Crippen molar-refractivity contribution >= 4 is 23.0 Å². The number of aryl methyl sites for hydroxylation is 2. The third-order valence-electron chi connectivity index (χ3n) is 6.00. The van der Waals surface area contributed by atoms with E-state index in [1.54, 1.807) is 0 Å². The van der Waals surface area contributed by atoms with Gasteiger partial charge in [-0.05, 0) is 103 Å². The van der Waals surface area contributed by atoms with Gasteiger partial charge in [0.15, 0.2) is 11.9 Å². The number of pyridine rings is 1. The van der Waals surface area contributed by atoms with Crippen molar-refractivity contribution in [2.24, 2.45) is 0 Å². The standard InChI is InChI=1S/C25H34N2O3S/c1-9-28-19(7)29-22-16(4)17(5)23-20(18(22)6)10-11-25(8,30-23)24(31)27-21-13-14(2)12-15(3)26-21/h12-13,19H,9-11H2,1-8H3,(H,26,27,31). The molecule has 0 saturated carbocycles. The number of anilines is 1. The fourth-order valence-electron chi connectivity index (χ4n) is 4.16. The van der Waals surface area contributed by atoms with Gasteiger partial charge in [-0.2, -0.15) is 0 Å². The number of rotatable bonds is 6. The molecule has 0 spiro atoms. The fraction of sp³-hybridized carbons (Fsp3) is 0.520. The number of aromatic nitrogens is 1. The van der Waals surface area contributed by atoms with E-state index in [0.717, 1.165) is 58.1 Å². The van der Waals surface area contributed by atoms with E-state index < -0.39 is 5.60 Å². The zero-order chi connectivity index (χ0) is 22.9. The first-order valence-electron chi connectivity index (χ1n) is 10.9. The largest absolute Gasteiger partial charge is 0.480 e. The smallest absolute Gasteiger partial charge is 0.196 e. The van der Waals surface area contributed by atoms with E-state index in [2.05, 4.69) is 44.9 Å². The van der Waals surface area contributed by atoms with Crippen molar-refractivity contribution in [3.8, 4) is 11.5 Å². The molecular weight excluding hydrogens is 408 g/mol. The third-order valence-corrected chi connectivity index (χ3v) is 6.53. The third kappa shape index (κ3) is 4.85. The first-order chi connectivity index (χ1) is 14.6. The van der Waals surface area contributed by atoms with Crippen LogP contribution in [0.25, 0.3) is 0 Å². The Labute approximate surface area is 191 Å². The number of hydrogen-bond donors (Lipinski definition) is 1. The van der Waals surface area contributed by atoms with Crippen LogP contribution in [0.2, 0.25) is 0 Å². The Bertz CT molecular complexity index is 985. The molecule has 168 valence electrons. The molecule has 0 saturated heterocycles. The molecule has 2 unspecified atom stereocenters. The Hall–Kier alpha value is -2.18. The molecule has 5 nitrogen and oxygen atoms in total. The van der Waals surface area contributed by atoms with Crippen LogP contribution >= 0.6 is 12.2 Å². The Balaban J connectivity index is 1.89. The number of nitrogens with zero attached hydrogens (tertiary/aromatic N) is 1. The highest BCUT2D eigenvalue weighted by atomic mass is 32.1. The van der Waals surface area contributed by atoms with Crippen molar-refractivity contribution in [3.05, 3.63) is 45.6 Å². The van der Waals surface area contributed by atoms with Crippen molar-refractivity contribution < 1.29 is 14.2 Å². The number of fused-ring (bicyclic) bond motifs is 1. The Morgan fingerprint density at radius 3 is 2.55 bits per heavy atom. The maximum atomic E-state index is 6.60.